The molecular formula is C17H18Cl2N2O. The smallest absolute Gasteiger partial charge is 0.0741 e. The van der Waals surface area contributed by atoms with Gasteiger partial charge in [-0.2, -0.15) is 0 Å². The summed E-state index contributed by atoms with van der Waals surface area (Å²) in [5.74, 6) is 0. The molecule has 1 N–H and O–H groups in total. The molecule has 1 atom stereocenters. The van der Waals surface area contributed by atoms with Gasteiger partial charge in [-0.3, -0.25) is 4.99 Å². The Morgan fingerprint density at radius 2 is 1.95 bits per heavy atom. The van der Waals surface area contributed by atoms with Crippen LogP contribution in [-0.4, -0.2) is 37.1 Å². The fraction of sp³-hybridized carbons (Fsp3) is 0.235. The Morgan fingerprint density at radius 3 is 2.64 bits per heavy atom. The average molecular weight is 337 g/mol. The largest absolute Gasteiger partial charge is 0.394 e. The number of anilines is 1. The maximum Gasteiger partial charge on any atom is 0.0741 e. The normalized spacial score (nSPS) is 17.1. The number of rotatable bonds is 2. The molecule has 0 saturated heterocycles. The van der Waals surface area contributed by atoms with Crippen LogP contribution in [0.5, 0.6) is 0 Å². The Hall–Kier alpha value is -1.55. The zero-order valence-electron chi connectivity index (χ0n) is 12.2. The number of benzene rings is 2. The van der Waals surface area contributed by atoms with E-state index in [1.165, 1.54) is 0 Å². The number of aliphatic hydroxyl groups excluding tert-OH is 1. The Balaban J connectivity index is 0.00000176. The second kappa shape index (κ2) is 7.14. The van der Waals surface area contributed by atoms with Crippen molar-refractivity contribution >= 4 is 35.4 Å². The molecule has 0 aromatic heterocycles. The predicted molar refractivity (Wildman–Crippen MR) is 94.9 cm³/mol. The molecule has 3 nitrogen and oxygen atoms in total. The van der Waals surface area contributed by atoms with Crippen LogP contribution in [0.1, 0.15) is 11.1 Å². The predicted octanol–water partition coefficient (Wildman–Crippen LogP) is 3.41. The van der Waals surface area contributed by atoms with Gasteiger partial charge in [-0.05, 0) is 18.2 Å². The van der Waals surface area contributed by atoms with E-state index in [4.69, 9.17) is 16.6 Å². The van der Waals surface area contributed by atoms with Gasteiger partial charge in [0, 0.05) is 28.9 Å². The van der Waals surface area contributed by atoms with Gasteiger partial charge in [0.05, 0.1) is 24.9 Å². The van der Waals surface area contributed by atoms with E-state index in [2.05, 4.69) is 4.90 Å². The van der Waals surface area contributed by atoms with Crippen LogP contribution in [0.4, 0.5) is 5.69 Å². The van der Waals surface area contributed by atoms with Gasteiger partial charge in [0.1, 0.15) is 0 Å². The van der Waals surface area contributed by atoms with Crippen LogP contribution < -0.4 is 4.90 Å². The fourth-order valence-corrected chi connectivity index (χ4v) is 2.80. The number of nitrogens with zero attached hydrogens (tertiary/aromatic N) is 2. The summed E-state index contributed by atoms with van der Waals surface area (Å²) in [6.07, 6.45) is 0. The Kier molecular flexibility index (Phi) is 5.46. The van der Waals surface area contributed by atoms with Crippen molar-refractivity contribution in [1.29, 1.82) is 0 Å². The lowest BCUT2D eigenvalue weighted by atomic mass is 10.0. The van der Waals surface area contributed by atoms with Crippen molar-refractivity contribution < 1.29 is 5.11 Å². The monoisotopic (exact) mass is 336 g/mol. The van der Waals surface area contributed by atoms with E-state index in [0.717, 1.165) is 22.5 Å². The van der Waals surface area contributed by atoms with Crippen molar-refractivity contribution in [1.82, 2.24) is 0 Å². The van der Waals surface area contributed by atoms with Gasteiger partial charge in [0.25, 0.3) is 0 Å². The van der Waals surface area contributed by atoms with Crippen LogP contribution in [0, 0.1) is 0 Å². The molecule has 0 spiro atoms. The molecule has 0 aliphatic carbocycles. The highest BCUT2D eigenvalue weighted by Gasteiger charge is 2.23. The van der Waals surface area contributed by atoms with E-state index in [9.17, 15) is 5.11 Å². The standard InChI is InChI=1S/C17H17ClN2O.ClH/c1-20-14(11-21)10-19-17(12-5-3-2-4-6-12)15-9-13(18)7-8-16(15)20;/h2-9,14,21H,10-11H2,1H3;1H. The molecule has 0 amide bonds. The van der Waals surface area contributed by atoms with Gasteiger partial charge in [-0.25, -0.2) is 0 Å². The highest BCUT2D eigenvalue weighted by atomic mass is 35.5. The first-order valence-corrected chi connectivity index (χ1v) is 7.32. The van der Waals surface area contributed by atoms with E-state index in [0.29, 0.717) is 11.6 Å². The van der Waals surface area contributed by atoms with Crippen molar-refractivity contribution in [3.05, 3.63) is 64.7 Å². The van der Waals surface area contributed by atoms with Gasteiger partial charge in [-0.15, -0.1) is 12.4 Å². The summed E-state index contributed by atoms with van der Waals surface area (Å²) in [5, 5.41) is 10.3. The molecule has 1 heterocycles. The first-order valence-electron chi connectivity index (χ1n) is 6.94. The van der Waals surface area contributed by atoms with E-state index >= 15 is 0 Å². The number of hydrogen-bond acceptors (Lipinski definition) is 3. The van der Waals surface area contributed by atoms with E-state index in [-0.39, 0.29) is 25.1 Å². The minimum absolute atomic E-state index is 0. The van der Waals surface area contributed by atoms with E-state index in [1.807, 2.05) is 55.6 Å². The SMILES string of the molecule is CN1c2ccc(Cl)cc2C(c2ccccc2)=NCC1CO.Cl. The second-order valence-corrected chi connectivity index (χ2v) is 5.60. The van der Waals surface area contributed by atoms with Crippen LogP contribution in [-0.2, 0) is 0 Å². The Bertz CT molecular complexity index is 674. The molecule has 1 unspecified atom stereocenters. The van der Waals surface area contributed by atoms with Crippen LogP contribution in [0.15, 0.2) is 53.5 Å². The first kappa shape index (κ1) is 16.8. The van der Waals surface area contributed by atoms with Crippen molar-refractivity contribution in [2.24, 2.45) is 4.99 Å². The maximum absolute atomic E-state index is 9.59. The third-order valence-corrected chi connectivity index (χ3v) is 4.09. The molecule has 0 radical (unpaired) electrons. The van der Waals surface area contributed by atoms with Gasteiger partial charge in [-0.1, -0.05) is 41.9 Å². The van der Waals surface area contributed by atoms with Gasteiger partial charge in [0.2, 0.25) is 0 Å². The van der Waals surface area contributed by atoms with E-state index in [1.54, 1.807) is 0 Å². The van der Waals surface area contributed by atoms with Crippen molar-refractivity contribution in [3.8, 4) is 0 Å². The second-order valence-electron chi connectivity index (χ2n) is 5.16. The van der Waals surface area contributed by atoms with Gasteiger partial charge >= 0.3 is 0 Å². The van der Waals surface area contributed by atoms with Crippen molar-refractivity contribution in [2.45, 2.75) is 6.04 Å². The lowest BCUT2D eigenvalue weighted by Crippen LogP contribution is -2.36. The van der Waals surface area contributed by atoms with Gasteiger partial charge < -0.3 is 10.0 Å². The Labute approximate surface area is 141 Å². The lowest BCUT2D eigenvalue weighted by Gasteiger charge is -2.27. The summed E-state index contributed by atoms with van der Waals surface area (Å²) in [7, 11) is 1.98. The minimum Gasteiger partial charge on any atom is -0.394 e. The van der Waals surface area contributed by atoms with Crippen LogP contribution >= 0.6 is 24.0 Å². The summed E-state index contributed by atoms with van der Waals surface area (Å²) < 4.78 is 0. The molecule has 0 bridgehead atoms. The third kappa shape index (κ3) is 3.12. The van der Waals surface area contributed by atoms with Crippen molar-refractivity contribution in [3.63, 3.8) is 0 Å². The zero-order chi connectivity index (χ0) is 14.8. The molecule has 5 heteroatoms. The molecule has 116 valence electrons. The number of fused-ring (bicyclic) bond motifs is 1. The summed E-state index contributed by atoms with van der Waals surface area (Å²) in [6.45, 7) is 0.633. The van der Waals surface area contributed by atoms with Crippen LogP contribution in [0.2, 0.25) is 5.02 Å². The van der Waals surface area contributed by atoms with Crippen molar-refractivity contribution in [2.75, 3.05) is 25.1 Å². The molecule has 2 aromatic rings. The summed E-state index contributed by atoms with van der Waals surface area (Å²) in [6, 6.07) is 15.9. The number of hydrogen-bond donors (Lipinski definition) is 1. The minimum atomic E-state index is -0.0221. The van der Waals surface area contributed by atoms with Gasteiger partial charge in [0.15, 0.2) is 0 Å². The molecular weight excluding hydrogens is 319 g/mol. The molecule has 3 rings (SSSR count). The third-order valence-electron chi connectivity index (χ3n) is 3.86. The number of benzodiazepines with no additional fused rings is 1. The maximum atomic E-state index is 9.59. The van der Waals surface area contributed by atoms with E-state index < -0.39 is 0 Å². The molecule has 0 saturated carbocycles. The zero-order valence-corrected chi connectivity index (χ0v) is 13.8. The number of aliphatic imine (C=N–C) groups is 1. The highest BCUT2D eigenvalue weighted by Crippen LogP contribution is 2.30. The summed E-state index contributed by atoms with van der Waals surface area (Å²) >= 11 is 6.18. The van der Waals surface area contributed by atoms with Crippen LogP contribution in [0.25, 0.3) is 0 Å². The molecule has 0 fully saturated rings. The topological polar surface area (TPSA) is 35.8 Å². The average Bonchev–Trinajstić information content (AvgIpc) is 2.65. The highest BCUT2D eigenvalue weighted by molar-refractivity contribution is 6.31. The quantitative estimate of drug-likeness (QED) is 0.912. The summed E-state index contributed by atoms with van der Waals surface area (Å²) in [5.41, 5.74) is 4.04. The number of halogens is 2. The lowest BCUT2D eigenvalue weighted by molar-refractivity contribution is 0.265. The molecule has 1 aliphatic heterocycles. The summed E-state index contributed by atoms with van der Waals surface area (Å²) in [4.78, 5) is 6.81. The molecule has 2 aromatic carbocycles. The number of aliphatic hydroxyl groups is 1. The molecule has 1 aliphatic rings. The van der Waals surface area contributed by atoms with Crippen LogP contribution in [0.3, 0.4) is 0 Å². The Morgan fingerprint density at radius 1 is 1.23 bits per heavy atom. The molecule has 22 heavy (non-hydrogen) atoms. The first-order chi connectivity index (χ1) is 10.2. The fourth-order valence-electron chi connectivity index (χ4n) is 2.63. The number of likely N-dealkylation sites (N-methyl/N-ethyl adjacent to an activating group) is 1.